The van der Waals surface area contributed by atoms with Crippen LogP contribution in [0.1, 0.15) is 12.8 Å². The molecule has 2 aliphatic heterocycles. The highest BCUT2D eigenvalue weighted by molar-refractivity contribution is 6.32. The minimum atomic E-state index is -0.233. The Morgan fingerprint density at radius 2 is 1.88 bits per heavy atom. The van der Waals surface area contributed by atoms with Crippen LogP contribution >= 0.6 is 11.6 Å². The molecule has 2 aliphatic rings. The van der Waals surface area contributed by atoms with Crippen LogP contribution in [-0.2, 0) is 9.59 Å². The number of carbonyl (C=O) groups excluding carboxylic acids is 2. The summed E-state index contributed by atoms with van der Waals surface area (Å²) in [5.74, 6) is 0.480. The highest BCUT2D eigenvalue weighted by atomic mass is 35.5. The second-order valence-corrected chi connectivity index (χ2v) is 6.83. The second-order valence-electron chi connectivity index (χ2n) is 6.42. The van der Waals surface area contributed by atoms with Gasteiger partial charge < -0.3 is 15.4 Å². The summed E-state index contributed by atoms with van der Waals surface area (Å²) in [5, 5.41) is 0.583. The number of nitrogens with two attached hydrogens (primary N) is 1. The summed E-state index contributed by atoms with van der Waals surface area (Å²) in [6.07, 6.45) is 1.47. The van der Waals surface area contributed by atoms with Crippen molar-refractivity contribution in [3.05, 3.63) is 29.3 Å². The number of piperidine rings is 1. The largest absolute Gasteiger partial charge is 0.485 e. The van der Waals surface area contributed by atoms with Crippen molar-refractivity contribution >= 4 is 23.4 Å². The van der Waals surface area contributed by atoms with E-state index >= 15 is 0 Å². The Hall–Kier alpha value is -1.79. The molecule has 1 aromatic carbocycles. The smallest absolute Gasteiger partial charge is 0.237 e. The summed E-state index contributed by atoms with van der Waals surface area (Å²) < 4.78 is 5.80. The number of halogens is 1. The predicted octanol–water partition coefficient (Wildman–Crippen LogP) is 1.13. The third-order valence-electron chi connectivity index (χ3n) is 4.68. The number of primary amides is 1. The Kier molecular flexibility index (Phi) is 5.26. The van der Waals surface area contributed by atoms with E-state index < -0.39 is 0 Å². The number of hydrogen-bond acceptors (Lipinski definition) is 4. The Morgan fingerprint density at radius 1 is 1.21 bits per heavy atom. The zero-order valence-electron chi connectivity index (χ0n) is 13.5. The number of carbonyl (C=O) groups is 2. The quantitative estimate of drug-likeness (QED) is 0.862. The van der Waals surface area contributed by atoms with Crippen molar-refractivity contribution in [3.8, 4) is 5.75 Å². The van der Waals surface area contributed by atoms with Gasteiger partial charge in [0.1, 0.15) is 11.9 Å². The number of para-hydroxylation sites is 1. The maximum Gasteiger partial charge on any atom is 0.237 e. The fourth-order valence-corrected chi connectivity index (χ4v) is 3.28. The van der Waals surface area contributed by atoms with Gasteiger partial charge >= 0.3 is 0 Å². The lowest BCUT2D eigenvalue weighted by molar-refractivity contribution is -0.141. The maximum absolute atomic E-state index is 12.3. The molecule has 130 valence electrons. The first-order valence-corrected chi connectivity index (χ1v) is 8.61. The minimum Gasteiger partial charge on any atom is -0.485 e. The molecule has 0 bridgehead atoms. The van der Waals surface area contributed by atoms with Crippen LogP contribution < -0.4 is 10.5 Å². The number of nitrogens with zero attached hydrogens (tertiary/aromatic N) is 2. The lowest BCUT2D eigenvalue weighted by atomic mass is 9.96. The molecule has 2 N–H and O–H groups in total. The molecule has 1 aromatic rings. The number of benzene rings is 1. The van der Waals surface area contributed by atoms with Crippen molar-refractivity contribution in [1.29, 1.82) is 0 Å². The van der Waals surface area contributed by atoms with Crippen LogP contribution in [0.5, 0.6) is 5.75 Å². The number of rotatable bonds is 5. The molecule has 2 amide bonds. The fraction of sp³-hybridized carbons (Fsp3) is 0.529. The SMILES string of the molecule is NC(=O)C1CCN(CC(=O)N2CC(Oc3ccccc3Cl)C2)CC1. The van der Waals surface area contributed by atoms with Crippen LogP contribution in [0.15, 0.2) is 24.3 Å². The van der Waals surface area contributed by atoms with Gasteiger partial charge in [0, 0.05) is 5.92 Å². The van der Waals surface area contributed by atoms with Crippen molar-refractivity contribution in [3.63, 3.8) is 0 Å². The monoisotopic (exact) mass is 351 g/mol. The first kappa shape index (κ1) is 17.0. The Balaban J connectivity index is 1.39. The molecule has 7 heteroatoms. The molecule has 0 saturated carbocycles. The lowest BCUT2D eigenvalue weighted by Gasteiger charge is -2.40. The van der Waals surface area contributed by atoms with Crippen molar-refractivity contribution in [2.75, 3.05) is 32.7 Å². The molecule has 0 aliphatic carbocycles. The van der Waals surface area contributed by atoms with E-state index in [0.717, 1.165) is 25.9 Å². The van der Waals surface area contributed by atoms with Gasteiger partial charge in [-0.2, -0.15) is 0 Å². The minimum absolute atomic E-state index is 0.00514. The highest BCUT2D eigenvalue weighted by Crippen LogP contribution is 2.26. The fourth-order valence-electron chi connectivity index (χ4n) is 3.10. The maximum atomic E-state index is 12.3. The molecule has 0 radical (unpaired) electrons. The topological polar surface area (TPSA) is 75.9 Å². The van der Waals surface area contributed by atoms with Gasteiger partial charge in [0.2, 0.25) is 11.8 Å². The zero-order chi connectivity index (χ0) is 17.1. The molecule has 0 atom stereocenters. The third-order valence-corrected chi connectivity index (χ3v) is 4.99. The standard InChI is InChI=1S/C17H22ClN3O3/c18-14-3-1-2-4-15(14)24-13-9-21(10-13)16(22)11-20-7-5-12(6-8-20)17(19)23/h1-4,12-13H,5-11H2,(H2,19,23). The van der Waals surface area contributed by atoms with Crippen LogP contribution in [0.2, 0.25) is 5.02 Å². The van der Waals surface area contributed by atoms with Crippen LogP contribution in [0.3, 0.4) is 0 Å². The van der Waals surface area contributed by atoms with Gasteiger partial charge in [-0.25, -0.2) is 0 Å². The number of amides is 2. The van der Waals surface area contributed by atoms with Crippen molar-refractivity contribution in [2.24, 2.45) is 11.7 Å². The van der Waals surface area contributed by atoms with Gasteiger partial charge in [0.15, 0.2) is 0 Å². The Morgan fingerprint density at radius 3 is 2.50 bits per heavy atom. The molecule has 24 heavy (non-hydrogen) atoms. The normalized spacial score (nSPS) is 19.8. The molecule has 0 aromatic heterocycles. The average Bonchev–Trinajstić information content (AvgIpc) is 2.52. The Bertz CT molecular complexity index is 611. The Labute approximate surface area is 146 Å². The van der Waals surface area contributed by atoms with Gasteiger partial charge in [-0.3, -0.25) is 14.5 Å². The van der Waals surface area contributed by atoms with E-state index in [2.05, 4.69) is 4.90 Å². The van der Waals surface area contributed by atoms with E-state index in [0.29, 0.717) is 30.4 Å². The van der Waals surface area contributed by atoms with E-state index in [1.807, 2.05) is 18.2 Å². The van der Waals surface area contributed by atoms with Crippen LogP contribution in [0.25, 0.3) is 0 Å². The van der Waals surface area contributed by atoms with Crippen LogP contribution in [0.4, 0.5) is 0 Å². The predicted molar refractivity (Wildman–Crippen MR) is 90.8 cm³/mol. The summed E-state index contributed by atoms with van der Waals surface area (Å²) in [5.41, 5.74) is 5.33. The summed E-state index contributed by atoms with van der Waals surface area (Å²) in [6.45, 7) is 3.05. The van der Waals surface area contributed by atoms with Crippen LogP contribution in [-0.4, -0.2) is 60.4 Å². The van der Waals surface area contributed by atoms with Gasteiger partial charge in [-0.05, 0) is 38.1 Å². The number of hydrogen-bond donors (Lipinski definition) is 1. The first-order valence-electron chi connectivity index (χ1n) is 8.23. The zero-order valence-corrected chi connectivity index (χ0v) is 14.2. The van der Waals surface area contributed by atoms with Gasteiger partial charge in [0.05, 0.1) is 24.7 Å². The van der Waals surface area contributed by atoms with E-state index in [1.165, 1.54) is 0 Å². The van der Waals surface area contributed by atoms with E-state index in [9.17, 15) is 9.59 Å². The van der Waals surface area contributed by atoms with Crippen LogP contribution in [0, 0.1) is 5.92 Å². The molecule has 2 heterocycles. The third kappa shape index (κ3) is 3.99. The second kappa shape index (κ2) is 7.40. The highest BCUT2D eigenvalue weighted by Gasteiger charge is 2.34. The van der Waals surface area contributed by atoms with Gasteiger partial charge in [-0.15, -0.1) is 0 Å². The molecular formula is C17H22ClN3O3. The van der Waals surface area contributed by atoms with Gasteiger partial charge in [-0.1, -0.05) is 23.7 Å². The lowest BCUT2D eigenvalue weighted by Crippen LogP contribution is -2.58. The number of ether oxygens (including phenoxy) is 1. The first-order chi connectivity index (χ1) is 11.5. The van der Waals surface area contributed by atoms with E-state index in [-0.39, 0.29) is 23.8 Å². The van der Waals surface area contributed by atoms with E-state index in [4.69, 9.17) is 22.1 Å². The molecule has 2 saturated heterocycles. The summed E-state index contributed by atoms with van der Waals surface area (Å²) in [6, 6.07) is 7.34. The molecule has 0 unspecified atom stereocenters. The number of likely N-dealkylation sites (tertiary alicyclic amines) is 2. The van der Waals surface area contributed by atoms with Crippen molar-refractivity contribution < 1.29 is 14.3 Å². The molecule has 0 spiro atoms. The molecule has 6 nitrogen and oxygen atoms in total. The van der Waals surface area contributed by atoms with Crippen molar-refractivity contribution in [1.82, 2.24) is 9.80 Å². The molecule has 3 rings (SSSR count). The molecular weight excluding hydrogens is 330 g/mol. The van der Waals surface area contributed by atoms with E-state index in [1.54, 1.807) is 11.0 Å². The van der Waals surface area contributed by atoms with Crippen molar-refractivity contribution in [2.45, 2.75) is 18.9 Å². The molecule has 2 fully saturated rings. The summed E-state index contributed by atoms with van der Waals surface area (Å²) in [4.78, 5) is 27.3. The van der Waals surface area contributed by atoms with Gasteiger partial charge in [0.25, 0.3) is 0 Å². The summed E-state index contributed by atoms with van der Waals surface area (Å²) in [7, 11) is 0. The average molecular weight is 352 g/mol. The summed E-state index contributed by atoms with van der Waals surface area (Å²) >= 11 is 6.07.